The van der Waals surface area contributed by atoms with Gasteiger partial charge in [0.25, 0.3) is 5.78 Å². The molecule has 0 aliphatic carbocycles. The van der Waals surface area contributed by atoms with Gasteiger partial charge in [0.2, 0.25) is 0 Å². The lowest BCUT2D eigenvalue weighted by atomic mass is 10.2. The van der Waals surface area contributed by atoms with Gasteiger partial charge in [-0.25, -0.2) is 13.9 Å². The lowest BCUT2D eigenvalue weighted by Crippen LogP contribution is -1.97. The van der Waals surface area contributed by atoms with Gasteiger partial charge in [-0.05, 0) is 44.2 Å². The van der Waals surface area contributed by atoms with E-state index in [1.165, 1.54) is 12.1 Å². The van der Waals surface area contributed by atoms with Crippen molar-refractivity contribution in [1.29, 1.82) is 0 Å². The molecule has 18 heavy (non-hydrogen) atoms. The van der Waals surface area contributed by atoms with E-state index in [2.05, 4.69) is 15.1 Å². The van der Waals surface area contributed by atoms with Gasteiger partial charge in [-0.15, -0.1) is 5.10 Å². The van der Waals surface area contributed by atoms with Gasteiger partial charge in [0.15, 0.2) is 5.82 Å². The van der Waals surface area contributed by atoms with Crippen molar-refractivity contribution in [3.05, 3.63) is 47.5 Å². The first-order valence-electron chi connectivity index (χ1n) is 5.60. The zero-order valence-corrected chi connectivity index (χ0v) is 10.1. The number of hydrogen-bond donors (Lipinski definition) is 0. The molecule has 3 rings (SSSR count). The highest BCUT2D eigenvalue weighted by Crippen LogP contribution is 2.17. The van der Waals surface area contributed by atoms with Crippen molar-refractivity contribution in [3.63, 3.8) is 0 Å². The van der Waals surface area contributed by atoms with Gasteiger partial charge in [0.05, 0.1) is 0 Å². The molecule has 0 saturated carbocycles. The van der Waals surface area contributed by atoms with Crippen LogP contribution in [0.3, 0.4) is 0 Å². The highest BCUT2D eigenvalue weighted by atomic mass is 19.1. The Morgan fingerprint density at radius 3 is 2.50 bits per heavy atom. The molecule has 2 heterocycles. The zero-order valence-electron chi connectivity index (χ0n) is 10.1. The number of benzene rings is 1. The topological polar surface area (TPSA) is 43.1 Å². The van der Waals surface area contributed by atoms with Gasteiger partial charge in [0, 0.05) is 17.0 Å². The van der Waals surface area contributed by atoms with E-state index >= 15 is 0 Å². The van der Waals surface area contributed by atoms with Gasteiger partial charge < -0.3 is 0 Å². The first-order valence-corrected chi connectivity index (χ1v) is 5.60. The normalized spacial score (nSPS) is 11.1. The molecule has 0 unspecified atom stereocenters. The van der Waals surface area contributed by atoms with Crippen molar-refractivity contribution >= 4 is 5.78 Å². The molecule has 1 aromatic carbocycles. The van der Waals surface area contributed by atoms with Gasteiger partial charge in [-0.2, -0.15) is 4.98 Å². The minimum atomic E-state index is -0.271. The lowest BCUT2D eigenvalue weighted by Gasteiger charge is -1.97. The van der Waals surface area contributed by atoms with E-state index in [4.69, 9.17) is 0 Å². The minimum absolute atomic E-state index is 0.271. The highest BCUT2D eigenvalue weighted by molar-refractivity contribution is 5.56. The first kappa shape index (κ1) is 10.8. The predicted molar refractivity (Wildman–Crippen MR) is 65.7 cm³/mol. The summed E-state index contributed by atoms with van der Waals surface area (Å²) in [4.78, 5) is 8.67. The van der Waals surface area contributed by atoms with Crippen LogP contribution in [0.25, 0.3) is 17.2 Å². The Kier molecular flexibility index (Phi) is 2.33. The fourth-order valence-corrected chi connectivity index (χ4v) is 1.89. The monoisotopic (exact) mass is 242 g/mol. The Hall–Kier alpha value is -2.30. The predicted octanol–water partition coefficient (Wildman–Crippen LogP) is 2.55. The standard InChI is InChI=1S/C13H11FN4/c1-8-7-9(2)18-13(15-8)16-12(17-18)10-3-5-11(14)6-4-10/h3-7H,1-2H3. The van der Waals surface area contributed by atoms with Crippen LogP contribution < -0.4 is 0 Å². The van der Waals surface area contributed by atoms with E-state index in [9.17, 15) is 4.39 Å². The molecule has 0 aliphatic rings. The van der Waals surface area contributed by atoms with E-state index in [-0.39, 0.29) is 5.82 Å². The Labute approximate surface area is 103 Å². The van der Waals surface area contributed by atoms with Crippen LogP contribution in [0.4, 0.5) is 4.39 Å². The number of aromatic nitrogens is 4. The van der Waals surface area contributed by atoms with Crippen LogP contribution in [0, 0.1) is 19.7 Å². The van der Waals surface area contributed by atoms with Crippen LogP contribution in [0.2, 0.25) is 0 Å². The van der Waals surface area contributed by atoms with Crippen molar-refractivity contribution in [2.45, 2.75) is 13.8 Å². The summed E-state index contributed by atoms with van der Waals surface area (Å²) in [6.07, 6.45) is 0. The maximum absolute atomic E-state index is 12.9. The molecule has 0 N–H and O–H groups in total. The molecule has 3 aromatic rings. The average molecular weight is 242 g/mol. The third-order valence-corrected chi connectivity index (χ3v) is 2.72. The van der Waals surface area contributed by atoms with Crippen LogP contribution in [0.1, 0.15) is 11.4 Å². The molecule has 0 bridgehead atoms. The van der Waals surface area contributed by atoms with E-state index in [1.54, 1.807) is 16.6 Å². The van der Waals surface area contributed by atoms with Crippen LogP contribution in [-0.4, -0.2) is 19.6 Å². The van der Waals surface area contributed by atoms with Crippen LogP contribution in [-0.2, 0) is 0 Å². The molecule has 0 amide bonds. The maximum atomic E-state index is 12.9. The van der Waals surface area contributed by atoms with E-state index in [1.807, 2.05) is 19.9 Å². The quantitative estimate of drug-likeness (QED) is 0.658. The Bertz CT molecular complexity index is 716. The van der Waals surface area contributed by atoms with Crippen LogP contribution in [0.15, 0.2) is 30.3 Å². The van der Waals surface area contributed by atoms with E-state index in [0.717, 1.165) is 17.0 Å². The molecule has 0 spiro atoms. The fourth-order valence-electron chi connectivity index (χ4n) is 1.89. The SMILES string of the molecule is Cc1cc(C)n2nc(-c3ccc(F)cc3)nc2n1. The smallest absolute Gasteiger partial charge is 0.216 e. The summed E-state index contributed by atoms with van der Waals surface area (Å²) in [6.45, 7) is 3.87. The van der Waals surface area contributed by atoms with Gasteiger partial charge >= 0.3 is 0 Å². The number of halogens is 1. The molecule has 4 nitrogen and oxygen atoms in total. The van der Waals surface area contributed by atoms with Gasteiger partial charge in [-0.3, -0.25) is 0 Å². The number of fused-ring (bicyclic) bond motifs is 1. The van der Waals surface area contributed by atoms with Crippen LogP contribution in [0.5, 0.6) is 0 Å². The fraction of sp³-hybridized carbons (Fsp3) is 0.154. The van der Waals surface area contributed by atoms with Crippen molar-refractivity contribution in [3.8, 4) is 11.4 Å². The van der Waals surface area contributed by atoms with Crippen LogP contribution >= 0.6 is 0 Å². The molecule has 0 atom stereocenters. The third kappa shape index (κ3) is 1.73. The summed E-state index contributed by atoms with van der Waals surface area (Å²) < 4.78 is 14.6. The number of hydrogen-bond acceptors (Lipinski definition) is 3. The van der Waals surface area contributed by atoms with Crippen molar-refractivity contribution in [2.75, 3.05) is 0 Å². The second kappa shape index (κ2) is 3.87. The molecule has 0 saturated heterocycles. The molecular formula is C13H11FN4. The second-order valence-electron chi connectivity index (χ2n) is 4.19. The molecule has 0 radical (unpaired) electrons. The molecule has 2 aromatic heterocycles. The zero-order chi connectivity index (χ0) is 12.7. The molecular weight excluding hydrogens is 231 g/mol. The summed E-state index contributed by atoms with van der Waals surface area (Å²) in [5.74, 6) is 0.843. The lowest BCUT2D eigenvalue weighted by molar-refractivity contribution is 0.628. The second-order valence-corrected chi connectivity index (χ2v) is 4.19. The summed E-state index contributed by atoms with van der Waals surface area (Å²) in [5.41, 5.74) is 2.65. The number of aryl methyl sites for hydroxylation is 2. The molecule has 0 aliphatic heterocycles. The van der Waals surface area contributed by atoms with Crippen molar-refractivity contribution in [1.82, 2.24) is 19.6 Å². The number of rotatable bonds is 1. The van der Waals surface area contributed by atoms with E-state index < -0.39 is 0 Å². The third-order valence-electron chi connectivity index (χ3n) is 2.72. The van der Waals surface area contributed by atoms with Crippen molar-refractivity contribution < 1.29 is 4.39 Å². The molecule has 5 heteroatoms. The Morgan fingerprint density at radius 2 is 1.78 bits per heavy atom. The first-order chi connectivity index (χ1) is 8.63. The van der Waals surface area contributed by atoms with Gasteiger partial charge in [0.1, 0.15) is 5.82 Å². The molecule has 0 fully saturated rings. The molecule has 90 valence electrons. The van der Waals surface area contributed by atoms with Crippen molar-refractivity contribution in [2.24, 2.45) is 0 Å². The summed E-state index contributed by atoms with van der Waals surface area (Å²) in [7, 11) is 0. The Morgan fingerprint density at radius 1 is 1.06 bits per heavy atom. The maximum Gasteiger partial charge on any atom is 0.253 e. The van der Waals surface area contributed by atoms with Gasteiger partial charge in [-0.1, -0.05) is 0 Å². The number of nitrogens with zero attached hydrogens (tertiary/aromatic N) is 4. The largest absolute Gasteiger partial charge is 0.253 e. The minimum Gasteiger partial charge on any atom is -0.216 e. The average Bonchev–Trinajstić information content (AvgIpc) is 2.74. The Balaban J connectivity index is 2.19. The highest BCUT2D eigenvalue weighted by Gasteiger charge is 2.09. The summed E-state index contributed by atoms with van der Waals surface area (Å²) in [5, 5.41) is 4.37. The summed E-state index contributed by atoms with van der Waals surface area (Å²) in [6, 6.07) is 8.05. The van der Waals surface area contributed by atoms with E-state index in [0.29, 0.717) is 11.6 Å². The summed E-state index contributed by atoms with van der Waals surface area (Å²) >= 11 is 0.